The van der Waals surface area contributed by atoms with Gasteiger partial charge in [-0.25, -0.2) is 13.1 Å². The van der Waals surface area contributed by atoms with Gasteiger partial charge >= 0.3 is 0 Å². The number of hydrogen-bond donors (Lipinski definition) is 2. The van der Waals surface area contributed by atoms with Gasteiger partial charge in [0.05, 0.1) is 4.90 Å². The smallest absolute Gasteiger partial charge is 0.241 e. The third-order valence-electron chi connectivity index (χ3n) is 3.53. The summed E-state index contributed by atoms with van der Waals surface area (Å²) >= 11 is 0. The van der Waals surface area contributed by atoms with Crippen LogP contribution >= 0.6 is 12.4 Å². The summed E-state index contributed by atoms with van der Waals surface area (Å²) < 4.78 is 27.3. The van der Waals surface area contributed by atoms with E-state index in [0.717, 1.165) is 23.6 Å². The molecule has 3 N–H and O–H groups in total. The fourth-order valence-electron chi connectivity index (χ4n) is 2.08. The molecule has 0 saturated heterocycles. The third kappa shape index (κ3) is 2.90. The van der Waals surface area contributed by atoms with Crippen molar-refractivity contribution >= 4 is 38.9 Å². The summed E-state index contributed by atoms with van der Waals surface area (Å²) in [5.41, 5.74) is 6.10. The number of benzene rings is 2. The van der Waals surface area contributed by atoms with Crippen molar-refractivity contribution in [1.29, 1.82) is 0 Å². The van der Waals surface area contributed by atoms with E-state index in [2.05, 4.69) is 4.72 Å². The molecule has 1 aliphatic carbocycles. The van der Waals surface area contributed by atoms with Crippen molar-refractivity contribution in [2.45, 2.75) is 30.2 Å². The van der Waals surface area contributed by atoms with Crippen LogP contribution in [-0.4, -0.2) is 14.0 Å². The van der Waals surface area contributed by atoms with Crippen LogP contribution in [0.4, 0.5) is 5.69 Å². The zero-order chi connectivity index (χ0) is 13.7. The summed E-state index contributed by atoms with van der Waals surface area (Å²) in [5.74, 6) is 0. The molecule has 20 heavy (non-hydrogen) atoms. The number of rotatable bonds is 3. The van der Waals surface area contributed by atoms with Gasteiger partial charge in [-0.2, -0.15) is 0 Å². The molecule has 0 aliphatic heterocycles. The maximum absolute atomic E-state index is 12.3. The predicted molar refractivity (Wildman–Crippen MR) is 83.6 cm³/mol. The second-order valence-electron chi connectivity index (χ2n) is 5.43. The Labute approximate surface area is 124 Å². The molecule has 0 spiro atoms. The molecule has 0 bridgehead atoms. The van der Waals surface area contributed by atoms with E-state index in [-0.39, 0.29) is 17.9 Å². The summed E-state index contributed by atoms with van der Waals surface area (Å²) in [6.45, 7) is 1.92. The number of halogens is 1. The molecule has 1 fully saturated rings. The number of nitrogens with one attached hydrogen (secondary N) is 1. The minimum absolute atomic E-state index is 0. The van der Waals surface area contributed by atoms with Crippen LogP contribution in [-0.2, 0) is 10.0 Å². The van der Waals surface area contributed by atoms with E-state index >= 15 is 0 Å². The zero-order valence-electron chi connectivity index (χ0n) is 11.1. The molecular formula is C14H17ClN2O2S. The summed E-state index contributed by atoms with van der Waals surface area (Å²) in [5, 5.41) is 1.81. The van der Waals surface area contributed by atoms with Crippen LogP contribution in [0.25, 0.3) is 10.8 Å². The number of sulfonamides is 1. The van der Waals surface area contributed by atoms with E-state index in [1.54, 1.807) is 30.3 Å². The summed E-state index contributed by atoms with van der Waals surface area (Å²) in [6, 6.07) is 10.6. The highest BCUT2D eigenvalue weighted by atomic mass is 35.5. The van der Waals surface area contributed by atoms with E-state index in [4.69, 9.17) is 5.73 Å². The Balaban J connectivity index is 0.00000147. The van der Waals surface area contributed by atoms with Crippen LogP contribution in [0, 0.1) is 0 Å². The third-order valence-corrected chi connectivity index (χ3v) is 5.16. The first-order valence-electron chi connectivity index (χ1n) is 6.21. The van der Waals surface area contributed by atoms with Crippen LogP contribution in [0.3, 0.4) is 0 Å². The maximum atomic E-state index is 12.3. The highest BCUT2D eigenvalue weighted by molar-refractivity contribution is 7.89. The molecule has 0 heterocycles. The molecule has 0 unspecified atom stereocenters. The SMILES string of the molecule is CC1(NS(=O)(=O)c2ccc3ccc(N)cc3c2)CC1.Cl. The fourth-order valence-corrected chi connectivity index (χ4v) is 3.58. The summed E-state index contributed by atoms with van der Waals surface area (Å²) in [7, 11) is -3.45. The Bertz CT molecular complexity index is 755. The van der Waals surface area contributed by atoms with Crippen molar-refractivity contribution in [3.63, 3.8) is 0 Å². The van der Waals surface area contributed by atoms with Crippen molar-refractivity contribution in [3.05, 3.63) is 36.4 Å². The average molecular weight is 313 g/mol. The quantitative estimate of drug-likeness (QED) is 0.856. The van der Waals surface area contributed by atoms with E-state index in [9.17, 15) is 8.42 Å². The minimum Gasteiger partial charge on any atom is -0.399 e. The lowest BCUT2D eigenvalue weighted by molar-refractivity contribution is 0.558. The standard InChI is InChI=1S/C14H16N2O2S.ClH/c1-14(6-7-14)16-19(17,18)13-5-3-10-2-4-12(15)8-11(10)9-13;/h2-5,8-9,16H,6-7,15H2,1H3;1H. The first-order valence-corrected chi connectivity index (χ1v) is 7.70. The van der Waals surface area contributed by atoms with Gasteiger partial charge in [0.15, 0.2) is 0 Å². The zero-order valence-corrected chi connectivity index (χ0v) is 12.7. The van der Waals surface area contributed by atoms with Crippen LogP contribution in [0.1, 0.15) is 19.8 Å². The van der Waals surface area contributed by atoms with Gasteiger partial charge in [-0.3, -0.25) is 0 Å². The Hall–Kier alpha value is -1.30. The number of nitrogens with two attached hydrogens (primary N) is 1. The Morgan fingerprint density at radius 3 is 2.40 bits per heavy atom. The van der Waals surface area contributed by atoms with Crippen molar-refractivity contribution in [2.75, 3.05) is 5.73 Å². The Morgan fingerprint density at radius 2 is 1.75 bits per heavy atom. The van der Waals surface area contributed by atoms with E-state index < -0.39 is 10.0 Å². The van der Waals surface area contributed by atoms with Gasteiger partial charge < -0.3 is 5.73 Å². The van der Waals surface area contributed by atoms with Gasteiger partial charge in [0.2, 0.25) is 10.0 Å². The lowest BCUT2D eigenvalue weighted by Crippen LogP contribution is -2.34. The molecule has 1 saturated carbocycles. The number of fused-ring (bicyclic) bond motifs is 1. The van der Waals surface area contributed by atoms with E-state index in [1.807, 2.05) is 13.0 Å². The van der Waals surface area contributed by atoms with E-state index in [0.29, 0.717) is 10.6 Å². The summed E-state index contributed by atoms with van der Waals surface area (Å²) in [6.07, 6.45) is 1.79. The molecule has 1 aliphatic rings. The molecule has 2 aromatic carbocycles. The molecule has 3 rings (SSSR count). The second-order valence-corrected chi connectivity index (χ2v) is 7.12. The van der Waals surface area contributed by atoms with Crippen LogP contribution < -0.4 is 10.5 Å². The predicted octanol–water partition coefficient (Wildman–Crippen LogP) is 2.67. The van der Waals surface area contributed by atoms with E-state index in [1.165, 1.54) is 0 Å². The molecule has 0 aromatic heterocycles. The molecule has 0 atom stereocenters. The lowest BCUT2D eigenvalue weighted by atomic mass is 10.1. The highest BCUT2D eigenvalue weighted by Gasteiger charge is 2.41. The summed E-state index contributed by atoms with van der Waals surface area (Å²) in [4.78, 5) is 0.290. The minimum atomic E-state index is -3.45. The van der Waals surface area contributed by atoms with Gasteiger partial charge in [0.25, 0.3) is 0 Å². The van der Waals surface area contributed by atoms with Gasteiger partial charge in [-0.05, 0) is 54.8 Å². The highest BCUT2D eigenvalue weighted by Crippen LogP contribution is 2.36. The monoisotopic (exact) mass is 312 g/mol. The molecular weight excluding hydrogens is 296 g/mol. The van der Waals surface area contributed by atoms with Gasteiger partial charge in [-0.1, -0.05) is 12.1 Å². The molecule has 4 nitrogen and oxygen atoms in total. The largest absolute Gasteiger partial charge is 0.399 e. The molecule has 0 radical (unpaired) electrons. The fraction of sp³-hybridized carbons (Fsp3) is 0.286. The first kappa shape index (κ1) is 15.1. The maximum Gasteiger partial charge on any atom is 0.241 e. The van der Waals surface area contributed by atoms with Gasteiger partial charge in [-0.15, -0.1) is 12.4 Å². The molecule has 2 aromatic rings. The molecule has 6 heteroatoms. The van der Waals surface area contributed by atoms with Crippen LogP contribution in [0.5, 0.6) is 0 Å². The van der Waals surface area contributed by atoms with Crippen LogP contribution in [0.2, 0.25) is 0 Å². The normalized spacial score (nSPS) is 16.6. The average Bonchev–Trinajstić information content (AvgIpc) is 3.04. The number of hydrogen-bond acceptors (Lipinski definition) is 3. The van der Waals surface area contributed by atoms with Crippen molar-refractivity contribution in [2.24, 2.45) is 0 Å². The molecule has 0 amide bonds. The van der Waals surface area contributed by atoms with Gasteiger partial charge in [0, 0.05) is 11.2 Å². The van der Waals surface area contributed by atoms with Crippen LogP contribution in [0.15, 0.2) is 41.3 Å². The topological polar surface area (TPSA) is 72.2 Å². The Morgan fingerprint density at radius 1 is 1.10 bits per heavy atom. The first-order chi connectivity index (χ1) is 8.88. The van der Waals surface area contributed by atoms with Crippen molar-refractivity contribution in [3.8, 4) is 0 Å². The van der Waals surface area contributed by atoms with Crippen molar-refractivity contribution in [1.82, 2.24) is 4.72 Å². The van der Waals surface area contributed by atoms with Crippen molar-refractivity contribution < 1.29 is 8.42 Å². The molecule has 108 valence electrons. The second kappa shape index (κ2) is 4.91. The Kier molecular flexibility index (Phi) is 3.71. The van der Waals surface area contributed by atoms with Gasteiger partial charge in [0.1, 0.15) is 0 Å². The number of nitrogen functional groups attached to an aromatic ring is 1. The lowest BCUT2D eigenvalue weighted by Gasteiger charge is -2.12. The number of anilines is 1.